The Kier molecular flexibility index (Phi) is 5.18. The van der Waals surface area contributed by atoms with Gasteiger partial charge in [0.05, 0.1) is 25.7 Å². The topological polar surface area (TPSA) is 65.1 Å². The fourth-order valence-corrected chi connectivity index (χ4v) is 4.07. The molecule has 6 nitrogen and oxygen atoms in total. The van der Waals surface area contributed by atoms with E-state index in [2.05, 4.69) is 0 Å². The van der Waals surface area contributed by atoms with Crippen LogP contribution in [-0.4, -0.2) is 49.0 Å². The van der Waals surface area contributed by atoms with E-state index in [1.807, 2.05) is 24.0 Å². The number of nitrogens with zero attached hydrogens (tertiary/aromatic N) is 1. The van der Waals surface area contributed by atoms with Crippen molar-refractivity contribution in [3.05, 3.63) is 53.6 Å². The number of hydrogen-bond acceptors (Lipinski definition) is 5. The molecule has 0 atom stereocenters. The van der Waals surface area contributed by atoms with Crippen LogP contribution in [-0.2, 0) is 0 Å². The van der Waals surface area contributed by atoms with E-state index in [4.69, 9.17) is 14.2 Å². The molecule has 0 unspecified atom stereocenters. The van der Waals surface area contributed by atoms with Crippen molar-refractivity contribution >= 4 is 11.7 Å². The molecule has 0 radical (unpaired) electrons. The van der Waals surface area contributed by atoms with Gasteiger partial charge in [-0.3, -0.25) is 9.59 Å². The van der Waals surface area contributed by atoms with Crippen LogP contribution in [0.4, 0.5) is 0 Å². The van der Waals surface area contributed by atoms with Gasteiger partial charge in [-0.05, 0) is 37.3 Å². The number of piperidine rings is 1. The van der Waals surface area contributed by atoms with E-state index in [9.17, 15) is 9.59 Å². The Morgan fingerprint density at radius 3 is 2.66 bits per heavy atom. The standard InChI is InChI=1S/C23H25NO5/c1-3-28-18-6-4-5-16(13-18)22(26)24-11-9-23(10-12-24)15-20(25)19-8-7-17(27-2)14-21(19)29-23/h4-8,13-14H,3,9-12,15H2,1-2H3. The van der Waals surface area contributed by atoms with Gasteiger partial charge in [0, 0.05) is 37.6 Å². The summed E-state index contributed by atoms with van der Waals surface area (Å²) >= 11 is 0. The van der Waals surface area contributed by atoms with Crippen LogP contribution in [0.3, 0.4) is 0 Å². The first-order valence-electron chi connectivity index (χ1n) is 9.96. The fourth-order valence-electron chi connectivity index (χ4n) is 4.07. The number of methoxy groups -OCH3 is 1. The van der Waals surface area contributed by atoms with E-state index < -0.39 is 5.60 Å². The molecule has 0 saturated carbocycles. The molecule has 1 saturated heterocycles. The molecule has 0 N–H and O–H groups in total. The normalized spacial score (nSPS) is 17.4. The van der Waals surface area contributed by atoms with Gasteiger partial charge in [0.1, 0.15) is 22.8 Å². The predicted molar refractivity (Wildman–Crippen MR) is 108 cm³/mol. The quantitative estimate of drug-likeness (QED) is 0.789. The summed E-state index contributed by atoms with van der Waals surface area (Å²) in [4.78, 5) is 27.4. The first kappa shape index (κ1) is 19.3. The van der Waals surface area contributed by atoms with Crippen LogP contribution in [0, 0.1) is 0 Å². The number of likely N-dealkylation sites (tertiary alicyclic amines) is 1. The van der Waals surface area contributed by atoms with Gasteiger partial charge >= 0.3 is 0 Å². The highest BCUT2D eigenvalue weighted by molar-refractivity contribution is 6.00. The van der Waals surface area contributed by atoms with Crippen molar-refractivity contribution in [3.8, 4) is 17.2 Å². The molecular weight excluding hydrogens is 370 g/mol. The van der Waals surface area contributed by atoms with Crippen molar-refractivity contribution < 1.29 is 23.8 Å². The van der Waals surface area contributed by atoms with Gasteiger partial charge < -0.3 is 19.1 Å². The summed E-state index contributed by atoms with van der Waals surface area (Å²) in [6.07, 6.45) is 1.58. The Hall–Kier alpha value is -3.02. The van der Waals surface area contributed by atoms with E-state index in [-0.39, 0.29) is 11.7 Å². The molecule has 6 heteroatoms. The second-order valence-electron chi connectivity index (χ2n) is 7.50. The number of benzene rings is 2. The Morgan fingerprint density at radius 1 is 1.14 bits per heavy atom. The van der Waals surface area contributed by atoms with Gasteiger partial charge in [-0.2, -0.15) is 0 Å². The van der Waals surface area contributed by atoms with Crippen molar-refractivity contribution in [3.63, 3.8) is 0 Å². The van der Waals surface area contributed by atoms with E-state index in [0.717, 1.165) is 0 Å². The summed E-state index contributed by atoms with van der Waals surface area (Å²) in [5.41, 5.74) is 0.658. The zero-order valence-corrected chi connectivity index (χ0v) is 16.8. The Labute approximate surface area is 170 Å². The number of ether oxygens (including phenoxy) is 3. The third kappa shape index (κ3) is 3.79. The lowest BCUT2D eigenvalue weighted by Crippen LogP contribution is -2.52. The molecule has 0 aromatic heterocycles. The van der Waals surface area contributed by atoms with E-state index in [1.54, 1.807) is 37.4 Å². The number of ketones is 1. The summed E-state index contributed by atoms with van der Waals surface area (Å²) in [7, 11) is 1.59. The molecule has 2 heterocycles. The second-order valence-corrected chi connectivity index (χ2v) is 7.50. The van der Waals surface area contributed by atoms with Gasteiger partial charge in [-0.15, -0.1) is 0 Å². The number of hydrogen-bond donors (Lipinski definition) is 0. The van der Waals surface area contributed by atoms with E-state index >= 15 is 0 Å². The van der Waals surface area contributed by atoms with Gasteiger partial charge in [-0.25, -0.2) is 0 Å². The highest BCUT2D eigenvalue weighted by Crippen LogP contribution is 2.41. The molecule has 152 valence electrons. The van der Waals surface area contributed by atoms with Crippen LogP contribution in [0.15, 0.2) is 42.5 Å². The first-order chi connectivity index (χ1) is 14.0. The number of carbonyl (C=O) groups is 2. The molecular formula is C23H25NO5. The minimum atomic E-state index is -0.555. The zero-order valence-electron chi connectivity index (χ0n) is 16.8. The molecule has 4 rings (SSSR count). The van der Waals surface area contributed by atoms with Crippen molar-refractivity contribution in [2.24, 2.45) is 0 Å². The predicted octanol–water partition coefficient (Wildman–Crippen LogP) is 3.73. The van der Waals surface area contributed by atoms with Crippen molar-refractivity contribution in [1.29, 1.82) is 0 Å². The van der Waals surface area contributed by atoms with Crippen LogP contribution in [0.25, 0.3) is 0 Å². The maximum Gasteiger partial charge on any atom is 0.253 e. The summed E-state index contributed by atoms with van der Waals surface area (Å²) in [5.74, 6) is 1.99. The molecule has 2 aliphatic heterocycles. The van der Waals surface area contributed by atoms with Crippen LogP contribution in [0.5, 0.6) is 17.2 Å². The van der Waals surface area contributed by atoms with Crippen LogP contribution < -0.4 is 14.2 Å². The molecule has 0 aliphatic carbocycles. The SMILES string of the molecule is CCOc1cccc(C(=O)N2CCC3(CC2)CC(=O)c2ccc(OC)cc2O3)c1. The fraction of sp³-hybridized carbons (Fsp3) is 0.391. The second kappa shape index (κ2) is 7.78. The first-order valence-corrected chi connectivity index (χ1v) is 9.96. The Bertz CT molecular complexity index is 931. The number of Topliss-reactive ketones (excluding diaryl/α,β-unsaturated/α-hetero) is 1. The highest BCUT2D eigenvalue weighted by atomic mass is 16.5. The maximum atomic E-state index is 12.9. The van der Waals surface area contributed by atoms with Crippen molar-refractivity contribution in [2.45, 2.75) is 31.8 Å². The lowest BCUT2D eigenvalue weighted by Gasteiger charge is -2.44. The van der Waals surface area contributed by atoms with Crippen LogP contribution in [0.2, 0.25) is 0 Å². The number of fused-ring (bicyclic) bond motifs is 1. The highest BCUT2D eigenvalue weighted by Gasteiger charge is 2.43. The molecule has 1 fully saturated rings. The Balaban J connectivity index is 1.47. The summed E-state index contributed by atoms with van der Waals surface area (Å²) in [5, 5.41) is 0. The van der Waals surface area contributed by atoms with Gasteiger partial charge in [-0.1, -0.05) is 6.07 Å². The monoisotopic (exact) mass is 395 g/mol. The van der Waals surface area contributed by atoms with Crippen molar-refractivity contribution in [1.82, 2.24) is 4.90 Å². The summed E-state index contributed by atoms with van der Waals surface area (Å²) in [6.45, 7) is 3.56. The number of carbonyl (C=O) groups excluding carboxylic acids is 2. The molecule has 2 aromatic rings. The minimum Gasteiger partial charge on any atom is -0.497 e. The van der Waals surface area contributed by atoms with Crippen molar-refractivity contribution in [2.75, 3.05) is 26.8 Å². The van der Waals surface area contributed by atoms with Gasteiger partial charge in [0.25, 0.3) is 5.91 Å². The Morgan fingerprint density at radius 2 is 1.93 bits per heavy atom. The van der Waals surface area contributed by atoms with E-state index in [0.29, 0.717) is 67.3 Å². The van der Waals surface area contributed by atoms with Gasteiger partial charge in [0.2, 0.25) is 0 Å². The summed E-state index contributed by atoms with van der Waals surface area (Å²) in [6, 6.07) is 12.6. The third-order valence-corrected chi connectivity index (χ3v) is 5.65. The number of rotatable bonds is 4. The smallest absolute Gasteiger partial charge is 0.253 e. The largest absolute Gasteiger partial charge is 0.497 e. The van der Waals surface area contributed by atoms with E-state index in [1.165, 1.54) is 0 Å². The average molecular weight is 395 g/mol. The maximum absolute atomic E-state index is 12.9. The zero-order chi connectivity index (χ0) is 20.4. The molecule has 1 spiro atoms. The lowest BCUT2D eigenvalue weighted by atomic mass is 9.82. The van der Waals surface area contributed by atoms with Crippen LogP contribution in [0.1, 0.15) is 46.9 Å². The molecule has 0 bridgehead atoms. The van der Waals surface area contributed by atoms with Gasteiger partial charge in [0.15, 0.2) is 5.78 Å². The average Bonchev–Trinajstić information content (AvgIpc) is 2.74. The number of amides is 1. The molecule has 29 heavy (non-hydrogen) atoms. The lowest BCUT2D eigenvalue weighted by molar-refractivity contribution is -0.00582. The van der Waals surface area contributed by atoms with Crippen LogP contribution >= 0.6 is 0 Å². The minimum absolute atomic E-state index is 0.0226. The molecule has 2 aromatic carbocycles. The molecule has 1 amide bonds. The molecule has 2 aliphatic rings. The summed E-state index contributed by atoms with van der Waals surface area (Å²) < 4.78 is 17.1. The third-order valence-electron chi connectivity index (χ3n) is 5.65.